The van der Waals surface area contributed by atoms with E-state index >= 15 is 0 Å². The van der Waals surface area contributed by atoms with Crippen LogP contribution in [0.3, 0.4) is 0 Å². The van der Waals surface area contributed by atoms with Crippen LogP contribution in [-0.2, 0) is 21.1 Å². The number of carbonyl (C=O) groups excluding carboxylic acids is 1. The number of rotatable bonds is 8. The Kier molecular flexibility index (Phi) is 7.77. The molecule has 7 nitrogen and oxygen atoms in total. The molecule has 0 unspecified atom stereocenters. The summed E-state index contributed by atoms with van der Waals surface area (Å²) in [6.45, 7) is 3.88. The molecule has 208 valence electrons. The Morgan fingerprint density at radius 1 is 0.878 bits per heavy atom. The van der Waals surface area contributed by atoms with E-state index in [1.165, 1.54) is 22.8 Å². The summed E-state index contributed by atoms with van der Waals surface area (Å²) in [5.74, 6) is 0.0688. The average molecular weight is 568 g/mol. The van der Waals surface area contributed by atoms with Gasteiger partial charge in [0.1, 0.15) is 10.6 Å². The van der Waals surface area contributed by atoms with Crippen molar-refractivity contribution in [1.29, 1.82) is 0 Å². The SMILES string of the molecule is CCOC(=O)c1ccc2c(cc(S(=O)(=O)c3ccc(C)cc3)c(=O)n2Cc2ccccc2)c1-c1ccc(OC)cc1. The predicted octanol–water partition coefficient (Wildman–Crippen LogP) is 6.04. The first-order chi connectivity index (χ1) is 19.7. The Hall–Kier alpha value is -4.69. The molecule has 1 aromatic heterocycles. The van der Waals surface area contributed by atoms with E-state index in [0.29, 0.717) is 27.8 Å². The zero-order valence-electron chi connectivity index (χ0n) is 23.0. The molecule has 0 saturated heterocycles. The van der Waals surface area contributed by atoms with Crippen molar-refractivity contribution in [3.63, 3.8) is 0 Å². The smallest absolute Gasteiger partial charge is 0.338 e. The van der Waals surface area contributed by atoms with Gasteiger partial charge in [-0.05, 0) is 67.4 Å². The molecule has 41 heavy (non-hydrogen) atoms. The largest absolute Gasteiger partial charge is 0.497 e. The number of pyridine rings is 1. The zero-order valence-corrected chi connectivity index (χ0v) is 23.8. The number of carbonyl (C=O) groups is 1. The highest BCUT2D eigenvalue weighted by Crippen LogP contribution is 2.35. The summed E-state index contributed by atoms with van der Waals surface area (Å²) in [4.78, 5) is 26.8. The Bertz CT molecular complexity index is 1890. The maximum absolute atomic E-state index is 14.0. The van der Waals surface area contributed by atoms with E-state index in [9.17, 15) is 18.0 Å². The minimum Gasteiger partial charge on any atom is -0.497 e. The van der Waals surface area contributed by atoms with Crippen LogP contribution < -0.4 is 10.3 Å². The van der Waals surface area contributed by atoms with Gasteiger partial charge in [0, 0.05) is 10.9 Å². The fourth-order valence-electron chi connectivity index (χ4n) is 4.83. The molecule has 0 atom stereocenters. The van der Waals surface area contributed by atoms with Crippen molar-refractivity contribution in [3.8, 4) is 16.9 Å². The molecule has 0 amide bonds. The maximum Gasteiger partial charge on any atom is 0.338 e. The number of aromatic nitrogens is 1. The van der Waals surface area contributed by atoms with Crippen molar-refractivity contribution in [2.24, 2.45) is 0 Å². The first-order valence-electron chi connectivity index (χ1n) is 13.1. The van der Waals surface area contributed by atoms with E-state index in [2.05, 4.69) is 0 Å². The fourth-order valence-corrected chi connectivity index (χ4v) is 6.19. The highest BCUT2D eigenvalue weighted by molar-refractivity contribution is 7.91. The van der Waals surface area contributed by atoms with E-state index < -0.39 is 21.4 Å². The van der Waals surface area contributed by atoms with Gasteiger partial charge >= 0.3 is 5.97 Å². The Morgan fingerprint density at radius 2 is 1.56 bits per heavy atom. The molecule has 0 aliphatic rings. The molecule has 1 heterocycles. The van der Waals surface area contributed by atoms with Gasteiger partial charge in [0.15, 0.2) is 0 Å². The fraction of sp³-hybridized carbons (Fsp3) is 0.152. The molecule has 0 N–H and O–H groups in total. The third kappa shape index (κ3) is 5.38. The van der Waals surface area contributed by atoms with Crippen LogP contribution in [0.2, 0.25) is 0 Å². The van der Waals surface area contributed by atoms with Gasteiger partial charge in [-0.2, -0.15) is 0 Å². The summed E-state index contributed by atoms with van der Waals surface area (Å²) in [6.07, 6.45) is 0. The second kappa shape index (κ2) is 11.4. The van der Waals surface area contributed by atoms with E-state index in [0.717, 1.165) is 11.1 Å². The van der Waals surface area contributed by atoms with Crippen LogP contribution in [0.25, 0.3) is 22.0 Å². The molecule has 0 bridgehead atoms. The number of hydrogen-bond donors (Lipinski definition) is 0. The topological polar surface area (TPSA) is 91.7 Å². The standard InChI is InChI=1S/C33H29NO6S/c1-4-40-33(36)27-18-19-29-28(31(27)24-12-14-25(39-3)15-13-24)20-30(41(37,38)26-16-10-22(2)11-17-26)32(35)34(29)21-23-8-6-5-7-9-23/h5-20H,4,21H2,1-3H3. The summed E-state index contributed by atoms with van der Waals surface area (Å²) in [5.41, 5.74) is 2.92. The van der Waals surface area contributed by atoms with Gasteiger partial charge in [0.2, 0.25) is 9.84 Å². The summed E-state index contributed by atoms with van der Waals surface area (Å²) in [7, 11) is -2.66. The normalized spacial score (nSPS) is 11.4. The van der Waals surface area contributed by atoms with Crippen molar-refractivity contribution in [2.45, 2.75) is 30.2 Å². The number of methoxy groups -OCH3 is 1. The van der Waals surface area contributed by atoms with Crippen molar-refractivity contribution < 1.29 is 22.7 Å². The molecular weight excluding hydrogens is 538 g/mol. The van der Waals surface area contributed by atoms with Gasteiger partial charge in [-0.25, -0.2) is 13.2 Å². The van der Waals surface area contributed by atoms with Crippen LogP contribution in [0.4, 0.5) is 0 Å². The van der Waals surface area contributed by atoms with Crippen molar-refractivity contribution in [1.82, 2.24) is 4.57 Å². The monoisotopic (exact) mass is 567 g/mol. The second-order valence-corrected chi connectivity index (χ2v) is 11.5. The first kappa shape index (κ1) is 27.9. The lowest BCUT2D eigenvalue weighted by Gasteiger charge is -2.18. The summed E-state index contributed by atoms with van der Waals surface area (Å²) in [6, 6.07) is 27.5. The molecule has 5 aromatic rings. The van der Waals surface area contributed by atoms with Crippen LogP contribution in [-0.4, -0.2) is 32.7 Å². The van der Waals surface area contributed by atoms with Crippen molar-refractivity contribution >= 4 is 26.7 Å². The average Bonchev–Trinajstić information content (AvgIpc) is 2.98. The zero-order chi connectivity index (χ0) is 29.1. The highest BCUT2D eigenvalue weighted by atomic mass is 32.2. The van der Waals surface area contributed by atoms with E-state index in [1.807, 2.05) is 37.3 Å². The molecule has 0 spiro atoms. The number of esters is 1. The molecule has 0 fully saturated rings. The first-order valence-corrected chi connectivity index (χ1v) is 14.6. The lowest BCUT2D eigenvalue weighted by atomic mass is 9.94. The number of aryl methyl sites for hydroxylation is 1. The van der Waals surface area contributed by atoms with Crippen LogP contribution in [0.5, 0.6) is 5.75 Å². The number of hydrogen-bond acceptors (Lipinski definition) is 6. The Morgan fingerprint density at radius 3 is 2.20 bits per heavy atom. The molecule has 4 aromatic carbocycles. The number of ether oxygens (including phenoxy) is 2. The molecule has 0 radical (unpaired) electrons. The molecule has 0 aliphatic heterocycles. The Labute approximate surface area is 238 Å². The van der Waals surface area contributed by atoms with Crippen LogP contribution in [0.1, 0.15) is 28.4 Å². The van der Waals surface area contributed by atoms with Gasteiger partial charge in [-0.1, -0.05) is 60.2 Å². The molecule has 0 aliphatic carbocycles. The van der Waals surface area contributed by atoms with Crippen LogP contribution >= 0.6 is 0 Å². The lowest BCUT2D eigenvalue weighted by molar-refractivity contribution is 0.0527. The van der Waals surface area contributed by atoms with Crippen molar-refractivity contribution in [2.75, 3.05) is 13.7 Å². The highest BCUT2D eigenvalue weighted by Gasteiger charge is 2.27. The second-order valence-electron chi connectivity index (χ2n) is 9.57. The van der Waals surface area contributed by atoms with Gasteiger partial charge in [-0.3, -0.25) is 4.79 Å². The van der Waals surface area contributed by atoms with E-state index in [-0.39, 0.29) is 28.5 Å². The summed E-state index contributed by atoms with van der Waals surface area (Å²) >= 11 is 0. The number of fused-ring (bicyclic) bond motifs is 1. The minimum absolute atomic E-state index is 0.0124. The molecule has 8 heteroatoms. The Balaban J connectivity index is 1.89. The lowest BCUT2D eigenvalue weighted by Crippen LogP contribution is -2.27. The number of benzene rings is 4. The maximum atomic E-state index is 14.0. The number of nitrogens with zero attached hydrogens (tertiary/aromatic N) is 1. The quantitative estimate of drug-likeness (QED) is 0.212. The third-order valence-electron chi connectivity index (χ3n) is 6.92. The van der Waals surface area contributed by atoms with Crippen LogP contribution in [0, 0.1) is 6.92 Å². The van der Waals surface area contributed by atoms with Gasteiger partial charge in [0.05, 0.1) is 36.2 Å². The predicted molar refractivity (Wildman–Crippen MR) is 158 cm³/mol. The van der Waals surface area contributed by atoms with E-state index in [4.69, 9.17) is 9.47 Å². The van der Waals surface area contributed by atoms with Gasteiger partial charge in [-0.15, -0.1) is 0 Å². The van der Waals surface area contributed by atoms with Crippen LogP contribution in [0.15, 0.2) is 112 Å². The summed E-state index contributed by atoms with van der Waals surface area (Å²) < 4.78 is 40.0. The molecule has 0 saturated carbocycles. The molecule has 5 rings (SSSR count). The molecular formula is C33H29NO6S. The minimum atomic E-state index is -4.22. The van der Waals surface area contributed by atoms with Crippen molar-refractivity contribution in [3.05, 3.63) is 124 Å². The van der Waals surface area contributed by atoms with E-state index in [1.54, 1.807) is 62.6 Å². The summed E-state index contributed by atoms with van der Waals surface area (Å²) in [5, 5.41) is 0.432. The number of sulfone groups is 1. The van der Waals surface area contributed by atoms with Gasteiger partial charge < -0.3 is 14.0 Å². The van der Waals surface area contributed by atoms with Gasteiger partial charge in [0.25, 0.3) is 5.56 Å². The third-order valence-corrected chi connectivity index (χ3v) is 8.69.